The number of aliphatic imine (C=N–C) groups is 1. The van der Waals surface area contributed by atoms with E-state index in [1.54, 1.807) is 7.05 Å². The molecular formula is C19H19ClN4O. The topological polar surface area (TPSA) is 62.5 Å². The van der Waals surface area contributed by atoms with Crippen molar-refractivity contribution in [1.29, 1.82) is 0 Å². The van der Waals surface area contributed by atoms with Crippen molar-refractivity contribution < 1.29 is 4.52 Å². The summed E-state index contributed by atoms with van der Waals surface area (Å²) in [5, 5.41) is 11.3. The Morgan fingerprint density at radius 1 is 1.04 bits per heavy atom. The highest BCUT2D eigenvalue weighted by molar-refractivity contribution is 6.30. The first-order valence-electron chi connectivity index (χ1n) is 7.94. The van der Waals surface area contributed by atoms with Crippen LogP contribution in [0.4, 0.5) is 0 Å². The van der Waals surface area contributed by atoms with Crippen molar-refractivity contribution in [2.45, 2.75) is 13.1 Å². The van der Waals surface area contributed by atoms with Crippen molar-refractivity contribution in [3.63, 3.8) is 0 Å². The van der Waals surface area contributed by atoms with Gasteiger partial charge >= 0.3 is 0 Å². The van der Waals surface area contributed by atoms with Gasteiger partial charge in [0, 0.05) is 30.2 Å². The number of benzene rings is 2. The molecule has 2 aromatic carbocycles. The van der Waals surface area contributed by atoms with Gasteiger partial charge in [-0.15, -0.1) is 0 Å². The molecule has 0 amide bonds. The lowest BCUT2D eigenvalue weighted by molar-refractivity contribution is 0.422. The molecule has 0 aliphatic rings. The van der Waals surface area contributed by atoms with Gasteiger partial charge in [-0.2, -0.15) is 0 Å². The molecule has 25 heavy (non-hydrogen) atoms. The van der Waals surface area contributed by atoms with E-state index in [-0.39, 0.29) is 0 Å². The average molecular weight is 355 g/mol. The van der Waals surface area contributed by atoms with E-state index in [9.17, 15) is 0 Å². The van der Waals surface area contributed by atoms with Crippen LogP contribution in [0.25, 0.3) is 11.3 Å². The molecule has 0 spiro atoms. The Labute approximate surface area is 151 Å². The minimum Gasteiger partial charge on any atom is -0.356 e. The Bertz CT molecular complexity index is 828. The van der Waals surface area contributed by atoms with E-state index in [0.717, 1.165) is 27.6 Å². The summed E-state index contributed by atoms with van der Waals surface area (Å²) in [6.07, 6.45) is 0. The second-order valence-corrected chi connectivity index (χ2v) is 5.89. The van der Waals surface area contributed by atoms with Crippen LogP contribution in [-0.2, 0) is 13.1 Å². The van der Waals surface area contributed by atoms with Crippen molar-refractivity contribution in [2.75, 3.05) is 7.05 Å². The van der Waals surface area contributed by atoms with Gasteiger partial charge < -0.3 is 15.2 Å². The fourth-order valence-electron chi connectivity index (χ4n) is 2.32. The van der Waals surface area contributed by atoms with Crippen molar-refractivity contribution in [2.24, 2.45) is 4.99 Å². The average Bonchev–Trinajstić information content (AvgIpc) is 3.13. The quantitative estimate of drug-likeness (QED) is 0.539. The molecule has 0 saturated heterocycles. The maximum atomic E-state index is 5.89. The fourth-order valence-corrected chi connectivity index (χ4v) is 2.44. The van der Waals surface area contributed by atoms with E-state index < -0.39 is 0 Å². The summed E-state index contributed by atoms with van der Waals surface area (Å²) in [6, 6.07) is 19.5. The molecule has 1 heterocycles. The van der Waals surface area contributed by atoms with Crippen LogP contribution in [0, 0.1) is 0 Å². The van der Waals surface area contributed by atoms with Crippen LogP contribution in [0.1, 0.15) is 11.3 Å². The molecule has 3 aromatic rings. The number of hydrogen-bond donors (Lipinski definition) is 2. The zero-order chi connectivity index (χ0) is 17.5. The van der Waals surface area contributed by atoms with Gasteiger partial charge in [-0.1, -0.05) is 59.2 Å². The van der Waals surface area contributed by atoms with Gasteiger partial charge in [-0.3, -0.25) is 4.99 Å². The van der Waals surface area contributed by atoms with E-state index in [0.29, 0.717) is 19.0 Å². The molecule has 0 fully saturated rings. The minimum atomic E-state index is 0.524. The molecule has 3 rings (SSSR count). The minimum absolute atomic E-state index is 0.524. The van der Waals surface area contributed by atoms with E-state index in [1.165, 1.54) is 0 Å². The van der Waals surface area contributed by atoms with Crippen LogP contribution in [0.15, 0.2) is 70.2 Å². The number of hydrogen-bond acceptors (Lipinski definition) is 3. The molecule has 0 bridgehead atoms. The highest BCUT2D eigenvalue weighted by Gasteiger charge is 2.07. The van der Waals surface area contributed by atoms with Crippen LogP contribution < -0.4 is 10.6 Å². The second-order valence-electron chi connectivity index (χ2n) is 5.45. The normalized spacial score (nSPS) is 11.4. The molecule has 6 heteroatoms. The summed E-state index contributed by atoms with van der Waals surface area (Å²) in [6.45, 7) is 1.18. The molecule has 5 nitrogen and oxygen atoms in total. The third kappa shape index (κ3) is 4.84. The Morgan fingerprint density at radius 2 is 1.76 bits per heavy atom. The zero-order valence-corrected chi connectivity index (χ0v) is 14.6. The lowest BCUT2D eigenvalue weighted by Crippen LogP contribution is -2.36. The van der Waals surface area contributed by atoms with Crippen LogP contribution in [0.3, 0.4) is 0 Å². The summed E-state index contributed by atoms with van der Waals surface area (Å²) < 4.78 is 5.39. The van der Waals surface area contributed by atoms with Gasteiger partial charge in [0.1, 0.15) is 5.69 Å². The summed E-state index contributed by atoms with van der Waals surface area (Å²) in [4.78, 5) is 4.21. The standard InChI is InChI=1S/C19H19ClN4O/c1-21-19(22-12-14-7-9-16(20)10-8-14)23-13-17-11-18(25-24-17)15-5-3-2-4-6-15/h2-11H,12-13H2,1H3,(H2,21,22,23). The molecule has 1 aromatic heterocycles. The molecule has 0 aliphatic carbocycles. The summed E-state index contributed by atoms with van der Waals surface area (Å²) in [5.74, 6) is 1.45. The number of aromatic nitrogens is 1. The summed E-state index contributed by atoms with van der Waals surface area (Å²) in [7, 11) is 1.73. The first-order chi connectivity index (χ1) is 12.2. The Hall–Kier alpha value is -2.79. The Morgan fingerprint density at radius 3 is 2.48 bits per heavy atom. The van der Waals surface area contributed by atoms with Gasteiger partial charge in [-0.05, 0) is 17.7 Å². The second kappa shape index (κ2) is 8.35. The van der Waals surface area contributed by atoms with Gasteiger partial charge in [0.25, 0.3) is 0 Å². The van der Waals surface area contributed by atoms with Crippen LogP contribution in [-0.4, -0.2) is 18.2 Å². The van der Waals surface area contributed by atoms with Crippen molar-refractivity contribution in [3.8, 4) is 11.3 Å². The Balaban J connectivity index is 1.53. The van der Waals surface area contributed by atoms with Gasteiger partial charge in [0.15, 0.2) is 11.7 Å². The third-order valence-corrected chi connectivity index (χ3v) is 3.90. The van der Waals surface area contributed by atoms with Crippen LogP contribution in [0.2, 0.25) is 5.02 Å². The molecule has 2 N–H and O–H groups in total. The SMILES string of the molecule is CN=C(NCc1ccc(Cl)cc1)NCc1cc(-c2ccccc2)on1. The maximum absolute atomic E-state index is 5.89. The number of nitrogens with zero attached hydrogens (tertiary/aromatic N) is 2. The lowest BCUT2D eigenvalue weighted by atomic mass is 10.2. The summed E-state index contributed by atoms with van der Waals surface area (Å²) >= 11 is 5.89. The number of halogens is 1. The molecular weight excluding hydrogens is 336 g/mol. The zero-order valence-electron chi connectivity index (χ0n) is 13.9. The molecule has 0 radical (unpaired) electrons. The predicted molar refractivity (Wildman–Crippen MR) is 100 cm³/mol. The first-order valence-corrected chi connectivity index (χ1v) is 8.32. The molecule has 128 valence electrons. The molecule has 0 saturated carbocycles. The van der Waals surface area contributed by atoms with E-state index >= 15 is 0 Å². The highest BCUT2D eigenvalue weighted by Crippen LogP contribution is 2.19. The lowest BCUT2D eigenvalue weighted by Gasteiger charge is -2.10. The third-order valence-electron chi connectivity index (χ3n) is 3.65. The highest BCUT2D eigenvalue weighted by atomic mass is 35.5. The fraction of sp³-hybridized carbons (Fsp3) is 0.158. The van der Waals surface area contributed by atoms with Crippen molar-refractivity contribution >= 4 is 17.6 Å². The molecule has 0 atom stereocenters. The Kier molecular flexibility index (Phi) is 5.69. The van der Waals surface area contributed by atoms with E-state index in [1.807, 2.05) is 60.7 Å². The van der Waals surface area contributed by atoms with Gasteiger partial charge in [0.2, 0.25) is 0 Å². The molecule has 0 unspecified atom stereocenters. The van der Waals surface area contributed by atoms with Crippen molar-refractivity contribution in [1.82, 2.24) is 15.8 Å². The van der Waals surface area contributed by atoms with Crippen molar-refractivity contribution in [3.05, 3.63) is 76.9 Å². The number of rotatable bonds is 5. The smallest absolute Gasteiger partial charge is 0.191 e. The number of nitrogens with one attached hydrogen (secondary N) is 2. The monoisotopic (exact) mass is 354 g/mol. The predicted octanol–water partition coefficient (Wildman–Crippen LogP) is 3.86. The van der Waals surface area contributed by atoms with Gasteiger partial charge in [0.05, 0.1) is 6.54 Å². The largest absolute Gasteiger partial charge is 0.356 e. The van der Waals surface area contributed by atoms with Crippen LogP contribution in [0.5, 0.6) is 0 Å². The number of guanidine groups is 1. The maximum Gasteiger partial charge on any atom is 0.191 e. The molecule has 0 aliphatic heterocycles. The summed E-state index contributed by atoms with van der Waals surface area (Å²) in [5.41, 5.74) is 2.94. The van der Waals surface area contributed by atoms with Gasteiger partial charge in [-0.25, -0.2) is 0 Å². The van der Waals surface area contributed by atoms with Crippen LogP contribution >= 0.6 is 11.6 Å². The van der Waals surface area contributed by atoms with E-state index in [2.05, 4.69) is 20.8 Å². The van der Waals surface area contributed by atoms with E-state index in [4.69, 9.17) is 16.1 Å². The first kappa shape index (κ1) is 17.0.